The summed E-state index contributed by atoms with van der Waals surface area (Å²) in [4.78, 5) is 71.6. The van der Waals surface area contributed by atoms with Crippen LogP contribution in [0.4, 0.5) is 9.18 Å². The fourth-order valence-corrected chi connectivity index (χ4v) is 7.54. The van der Waals surface area contributed by atoms with Crippen LogP contribution in [0, 0.1) is 18.2 Å². The fourth-order valence-electron chi connectivity index (χ4n) is 6.73. The number of hydrogen-bond acceptors (Lipinski definition) is 10. The van der Waals surface area contributed by atoms with Crippen molar-refractivity contribution in [3.8, 4) is 16.2 Å². The van der Waals surface area contributed by atoms with Gasteiger partial charge in [-0.05, 0) is 82.1 Å². The van der Waals surface area contributed by atoms with E-state index in [4.69, 9.17) is 15.2 Å². The van der Waals surface area contributed by atoms with E-state index in [1.165, 1.54) is 11.0 Å². The third-order valence-corrected chi connectivity index (χ3v) is 10.8. The lowest BCUT2D eigenvalue weighted by atomic mass is 9.85. The number of primary amides is 1. The first kappa shape index (κ1) is 46.6. The normalized spacial score (nSPS) is 17.1. The Hall–Kier alpha value is -5.09. The predicted octanol–water partition coefficient (Wildman–Crippen LogP) is 5.49. The van der Waals surface area contributed by atoms with Crippen molar-refractivity contribution in [2.24, 2.45) is 11.1 Å². The number of aryl methyl sites for hydroxylation is 2. The zero-order chi connectivity index (χ0) is 43.7. The molecule has 1 fully saturated rings. The molecule has 1 aliphatic rings. The maximum Gasteiger partial charge on any atom is 0.407 e. The molecule has 1 saturated heterocycles. The van der Waals surface area contributed by atoms with Crippen LogP contribution in [0.5, 0.6) is 5.75 Å². The number of nitrogens with zero attached hydrogens (tertiary/aromatic N) is 2. The Balaban J connectivity index is 1.34. The van der Waals surface area contributed by atoms with Gasteiger partial charge in [0.2, 0.25) is 23.6 Å². The number of hydrogen-bond donors (Lipinski definition) is 5. The second-order valence-electron chi connectivity index (χ2n) is 17.1. The molecule has 0 radical (unpaired) electrons. The second-order valence-corrected chi connectivity index (χ2v) is 18.0. The van der Waals surface area contributed by atoms with E-state index in [1.807, 2.05) is 38.1 Å². The minimum atomic E-state index is -1.01. The van der Waals surface area contributed by atoms with Crippen LogP contribution in [0.3, 0.4) is 0 Å². The molecular formula is C43H59FN6O8S. The second kappa shape index (κ2) is 20.2. The van der Waals surface area contributed by atoms with Gasteiger partial charge in [-0.25, -0.2) is 14.2 Å². The van der Waals surface area contributed by atoms with Crippen LogP contribution < -0.4 is 26.4 Å². The van der Waals surface area contributed by atoms with Crippen molar-refractivity contribution in [3.05, 3.63) is 70.6 Å². The van der Waals surface area contributed by atoms with Gasteiger partial charge in [-0.2, -0.15) is 0 Å². The molecule has 0 saturated carbocycles. The Bertz CT molecular complexity index is 1940. The summed E-state index contributed by atoms with van der Waals surface area (Å²) in [5.41, 5.74) is 8.73. The molecule has 3 aromatic rings. The first-order chi connectivity index (χ1) is 27.6. The lowest BCUT2D eigenvalue weighted by Gasteiger charge is -2.35. The van der Waals surface area contributed by atoms with Crippen LogP contribution in [-0.4, -0.2) is 87.7 Å². The van der Waals surface area contributed by atoms with Crippen LogP contribution in [0.15, 0.2) is 48.0 Å². The first-order valence-corrected chi connectivity index (χ1v) is 20.8. The average molecular weight is 839 g/mol. The first-order valence-electron chi connectivity index (χ1n) is 19.9. The summed E-state index contributed by atoms with van der Waals surface area (Å²) < 4.78 is 26.6. The Morgan fingerprint density at radius 1 is 1.02 bits per heavy atom. The molecule has 4 rings (SSSR count). The van der Waals surface area contributed by atoms with Crippen molar-refractivity contribution < 1.29 is 42.9 Å². The molecule has 0 unspecified atom stereocenters. The SMILES string of the molecule is Cc1ncsc1-c1ccc([C@H](C)NC(=O)[C@@H]2C[C@@H](O)CN2C(=O)[C@@H](NC(=O)CCCc2cccc(OC[C@H](CCC(N)=O)NC(=O)OC(C)(C)C)c2F)C(C)(C)C)cc1. The number of aliphatic hydroxyl groups is 1. The summed E-state index contributed by atoms with van der Waals surface area (Å²) in [6, 6.07) is 9.45. The third kappa shape index (κ3) is 13.7. The van der Waals surface area contributed by atoms with E-state index < -0.39 is 70.8 Å². The number of alkyl carbamates (subject to hydrolysis) is 1. The molecule has 14 nitrogen and oxygen atoms in total. The number of aliphatic hydroxyl groups excluding tert-OH is 1. The minimum absolute atomic E-state index is 0.0230. The molecule has 0 spiro atoms. The number of β-amino-alcohol motifs (C(OH)–C–C–N with tert-alkyl or cyclic N) is 1. The molecule has 0 aliphatic carbocycles. The van der Waals surface area contributed by atoms with Crippen molar-refractivity contribution in [2.75, 3.05) is 13.2 Å². The molecule has 6 N–H and O–H groups in total. The van der Waals surface area contributed by atoms with Crippen molar-refractivity contribution in [1.82, 2.24) is 25.8 Å². The lowest BCUT2D eigenvalue weighted by molar-refractivity contribution is -0.144. The highest BCUT2D eigenvalue weighted by molar-refractivity contribution is 7.13. The van der Waals surface area contributed by atoms with Crippen LogP contribution in [-0.2, 0) is 30.3 Å². The Labute approximate surface area is 349 Å². The van der Waals surface area contributed by atoms with E-state index in [-0.39, 0.29) is 63.5 Å². The predicted molar refractivity (Wildman–Crippen MR) is 223 cm³/mol. The van der Waals surface area contributed by atoms with Gasteiger partial charge in [0.05, 0.1) is 34.3 Å². The summed E-state index contributed by atoms with van der Waals surface area (Å²) in [5.74, 6) is -2.58. The minimum Gasteiger partial charge on any atom is -0.488 e. The molecule has 5 atom stereocenters. The molecule has 5 amide bonds. The summed E-state index contributed by atoms with van der Waals surface area (Å²) in [6.07, 6.45) is -1.05. The number of nitrogens with one attached hydrogen (secondary N) is 3. The standard InChI is InChI=1S/C43H59FN6O8S/c1-25(27-15-17-29(18-16-27)37-26(2)46-24-59-37)47-39(54)32-21-31(51)22-50(32)40(55)38(42(3,4)5)49-35(53)14-10-12-28-11-9-13-33(36(28)44)57-23-30(19-20-34(45)52)48-41(56)58-43(6,7)8/h9,11,13,15-18,24-25,30-32,38,51H,10,12,14,19-23H2,1-8H3,(H2,45,52)(H,47,54)(H,48,56)(H,49,53)/t25-,30-,31+,32-,38+/m0/s1. The number of thiazole rings is 1. The summed E-state index contributed by atoms with van der Waals surface area (Å²) in [5, 5.41) is 19.1. The van der Waals surface area contributed by atoms with E-state index >= 15 is 4.39 Å². The number of carbonyl (C=O) groups is 5. The number of aromatic nitrogens is 1. The molecule has 1 aliphatic heterocycles. The third-order valence-electron chi connectivity index (χ3n) is 9.85. The van der Waals surface area contributed by atoms with E-state index in [2.05, 4.69) is 20.9 Å². The van der Waals surface area contributed by atoms with Gasteiger partial charge in [-0.3, -0.25) is 19.2 Å². The van der Waals surface area contributed by atoms with Crippen molar-refractivity contribution in [2.45, 2.75) is 130 Å². The average Bonchev–Trinajstić information content (AvgIpc) is 3.76. The van der Waals surface area contributed by atoms with Crippen LogP contribution >= 0.6 is 11.3 Å². The molecule has 2 aromatic carbocycles. The van der Waals surface area contributed by atoms with Gasteiger partial charge in [-0.1, -0.05) is 57.2 Å². The van der Waals surface area contributed by atoms with Crippen molar-refractivity contribution in [3.63, 3.8) is 0 Å². The zero-order valence-corrected chi connectivity index (χ0v) is 36.0. The van der Waals surface area contributed by atoms with Gasteiger partial charge in [-0.15, -0.1) is 11.3 Å². The quantitative estimate of drug-likeness (QED) is 0.117. The van der Waals surface area contributed by atoms with E-state index in [9.17, 15) is 29.1 Å². The fraction of sp³-hybridized carbons (Fsp3) is 0.535. The van der Waals surface area contributed by atoms with Crippen LogP contribution in [0.1, 0.15) is 103 Å². The van der Waals surface area contributed by atoms with Gasteiger partial charge < -0.3 is 41.2 Å². The lowest BCUT2D eigenvalue weighted by Crippen LogP contribution is -2.57. The van der Waals surface area contributed by atoms with Gasteiger partial charge in [0.25, 0.3) is 0 Å². The monoisotopic (exact) mass is 838 g/mol. The Kier molecular flexibility index (Phi) is 16.0. The van der Waals surface area contributed by atoms with Crippen LogP contribution in [0.25, 0.3) is 10.4 Å². The number of nitrogens with two attached hydrogens (primary N) is 1. The number of benzene rings is 2. The molecule has 322 valence electrons. The summed E-state index contributed by atoms with van der Waals surface area (Å²) >= 11 is 1.56. The maximum absolute atomic E-state index is 15.6. The highest BCUT2D eigenvalue weighted by Gasteiger charge is 2.44. The van der Waals surface area contributed by atoms with Crippen molar-refractivity contribution in [1.29, 1.82) is 0 Å². The summed E-state index contributed by atoms with van der Waals surface area (Å²) in [6.45, 7) is 14.1. The molecule has 0 bridgehead atoms. The Morgan fingerprint density at radius 3 is 2.32 bits per heavy atom. The van der Waals surface area contributed by atoms with E-state index in [0.29, 0.717) is 5.56 Å². The number of amides is 5. The number of halogens is 1. The molecule has 1 aromatic heterocycles. The molecular weight excluding hydrogens is 780 g/mol. The maximum atomic E-state index is 15.6. The largest absolute Gasteiger partial charge is 0.488 e. The van der Waals surface area contributed by atoms with E-state index in [1.54, 1.807) is 70.5 Å². The zero-order valence-electron chi connectivity index (χ0n) is 35.2. The van der Waals surface area contributed by atoms with Gasteiger partial charge in [0.1, 0.15) is 24.3 Å². The van der Waals surface area contributed by atoms with Gasteiger partial charge in [0.15, 0.2) is 11.6 Å². The Morgan fingerprint density at radius 2 is 1.71 bits per heavy atom. The number of carbonyl (C=O) groups excluding carboxylic acids is 5. The smallest absolute Gasteiger partial charge is 0.407 e. The molecule has 59 heavy (non-hydrogen) atoms. The highest BCUT2D eigenvalue weighted by atomic mass is 32.1. The van der Waals surface area contributed by atoms with E-state index in [0.717, 1.165) is 21.7 Å². The molecule has 16 heteroatoms. The van der Waals surface area contributed by atoms with Gasteiger partial charge in [0, 0.05) is 25.8 Å². The molecule has 2 heterocycles. The number of ether oxygens (including phenoxy) is 2. The number of likely N-dealkylation sites (tertiary alicyclic amines) is 1. The van der Waals surface area contributed by atoms with Crippen LogP contribution in [0.2, 0.25) is 0 Å². The topological polar surface area (TPSA) is 202 Å². The van der Waals surface area contributed by atoms with Gasteiger partial charge >= 0.3 is 6.09 Å². The number of rotatable bonds is 17. The summed E-state index contributed by atoms with van der Waals surface area (Å²) in [7, 11) is 0. The van der Waals surface area contributed by atoms with Crippen molar-refractivity contribution >= 4 is 41.1 Å². The highest BCUT2D eigenvalue weighted by Crippen LogP contribution is 2.30.